The van der Waals surface area contributed by atoms with E-state index in [9.17, 15) is 13.2 Å². The van der Waals surface area contributed by atoms with Crippen molar-refractivity contribution < 1.29 is 18.1 Å². The van der Waals surface area contributed by atoms with Crippen LogP contribution >= 0.6 is 11.6 Å². The van der Waals surface area contributed by atoms with E-state index in [2.05, 4.69) is 0 Å². The number of carbonyl (C=O) groups is 1. The van der Waals surface area contributed by atoms with Crippen LogP contribution in [0.15, 0.2) is 29.2 Å². The third kappa shape index (κ3) is 4.76. The lowest BCUT2D eigenvalue weighted by Crippen LogP contribution is -3.15. The van der Waals surface area contributed by atoms with Crippen LogP contribution in [0, 0.1) is 0 Å². The highest BCUT2D eigenvalue weighted by molar-refractivity contribution is 7.89. The summed E-state index contributed by atoms with van der Waals surface area (Å²) in [7, 11) is -3.60. The number of rotatable bonds is 6. The van der Waals surface area contributed by atoms with Gasteiger partial charge in [-0.05, 0) is 39.8 Å². The number of nitrogens with one attached hydrogen (secondary N) is 1. The highest BCUT2D eigenvalue weighted by Crippen LogP contribution is 2.24. The molecule has 6 nitrogen and oxygen atoms in total. The van der Waals surface area contributed by atoms with Gasteiger partial charge in [-0.2, -0.15) is 4.31 Å². The molecule has 26 heavy (non-hydrogen) atoms. The number of piperazine rings is 1. The molecular weight excluding hydrogens is 374 g/mol. The summed E-state index contributed by atoms with van der Waals surface area (Å²) in [5.74, 6) is 0.118. The maximum Gasteiger partial charge on any atom is 0.278 e. The van der Waals surface area contributed by atoms with Gasteiger partial charge in [0.05, 0.1) is 31.2 Å². The van der Waals surface area contributed by atoms with Crippen LogP contribution in [0.2, 0.25) is 5.02 Å². The second-order valence-corrected chi connectivity index (χ2v) is 9.56. The molecule has 1 heterocycles. The Kier molecular flexibility index (Phi) is 7.07. The second kappa shape index (κ2) is 8.69. The molecule has 0 saturated carbocycles. The summed E-state index contributed by atoms with van der Waals surface area (Å²) in [4.78, 5) is 15.7. The van der Waals surface area contributed by atoms with Gasteiger partial charge in [-0.15, -0.1) is 0 Å². The van der Waals surface area contributed by atoms with Gasteiger partial charge < -0.3 is 9.80 Å². The van der Waals surface area contributed by atoms with Crippen LogP contribution in [0.3, 0.4) is 0 Å². The van der Waals surface area contributed by atoms with E-state index in [-0.39, 0.29) is 27.9 Å². The van der Waals surface area contributed by atoms with Crippen molar-refractivity contribution >= 4 is 27.5 Å². The molecule has 1 aliphatic heterocycles. The van der Waals surface area contributed by atoms with Crippen LogP contribution in [0.25, 0.3) is 0 Å². The molecule has 0 atom stereocenters. The predicted octanol–water partition coefficient (Wildman–Crippen LogP) is 0.875. The average Bonchev–Trinajstić information content (AvgIpc) is 2.54. The molecule has 0 radical (unpaired) electrons. The number of halogens is 1. The molecule has 0 bridgehead atoms. The first-order chi connectivity index (χ1) is 12.1. The molecule has 0 unspecified atom stereocenters. The summed E-state index contributed by atoms with van der Waals surface area (Å²) < 4.78 is 27.0. The van der Waals surface area contributed by atoms with E-state index in [1.165, 1.54) is 10.4 Å². The van der Waals surface area contributed by atoms with Crippen molar-refractivity contribution in [3.63, 3.8) is 0 Å². The normalized spacial score (nSPS) is 17.0. The fourth-order valence-electron chi connectivity index (χ4n) is 3.49. The number of benzene rings is 1. The molecule has 146 valence electrons. The highest BCUT2D eigenvalue weighted by atomic mass is 35.5. The molecule has 1 saturated heterocycles. The Morgan fingerprint density at radius 2 is 1.69 bits per heavy atom. The van der Waals surface area contributed by atoms with Crippen LogP contribution in [-0.2, 0) is 14.8 Å². The van der Waals surface area contributed by atoms with Gasteiger partial charge in [0.15, 0.2) is 6.54 Å². The van der Waals surface area contributed by atoms with Gasteiger partial charge in [0.25, 0.3) is 5.91 Å². The Balaban J connectivity index is 1.99. The van der Waals surface area contributed by atoms with E-state index in [1.807, 2.05) is 32.6 Å². The minimum absolute atomic E-state index is 0.118. The third-order valence-electron chi connectivity index (χ3n) is 4.69. The Morgan fingerprint density at radius 3 is 2.19 bits per heavy atom. The highest BCUT2D eigenvalue weighted by Gasteiger charge is 2.33. The zero-order chi connectivity index (χ0) is 19.5. The van der Waals surface area contributed by atoms with Gasteiger partial charge in [-0.25, -0.2) is 8.42 Å². The van der Waals surface area contributed by atoms with Crippen LogP contribution < -0.4 is 4.90 Å². The Labute approximate surface area is 161 Å². The zero-order valence-electron chi connectivity index (χ0n) is 15.9. The SMILES string of the molecule is CC(C)N(C(=O)C[NH+]1CCN(S(=O)(=O)c2ccccc2Cl)CC1)C(C)C. The van der Waals surface area contributed by atoms with Crippen LogP contribution in [0.4, 0.5) is 0 Å². The van der Waals surface area contributed by atoms with E-state index in [1.54, 1.807) is 18.2 Å². The van der Waals surface area contributed by atoms with Gasteiger partial charge in [0.2, 0.25) is 10.0 Å². The van der Waals surface area contributed by atoms with Crippen molar-refractivity contribution in [2.45, 2.75) is 44.7 Å². The first-order valence-corrected chi connectivity index (χ1v) is 10.9. The standard InChI is InChI=1S/C18H28ClN3O3S/c1-14(2)22(15(3)4)18(23)13-20-9-11-21(12-10-20)26(24,25)17-8-6-5-7-16(17)19/h5-8,14-15H,9-13H2,1-4H3/p+1. The Morgan fingerprint density at radius 1 is 1.15 bits per heavy atom. The van der Waals surface area contributed by atoms with Gasteiger partial charge >= 0.3 is 0 Å². The maximum atomic E-state index is 12.8. The van der Waals surface area contributed by atoms with Gasteiger partial charge in [-0.1, -0.05) is 23.7 Å². The quantitative estimate of drug-likeness (QED) is 0.768. The molecule has 1 amide bonds. The molecule has 2 rings (SSSR count). The fourth-order valence-corrected chi connectivity index (χ4v) is 5.42. The number of hydrogen-bond acceptors (Lipinski definition) is 3. The van der Waals surface area contributed by atoms with E-state index >= 15 is 0 Å². The molecule has 0 spiro atoms. The summed E-state index contributed by atoms with van der Waals surface area (Å²) >= 11 is 6.06. The Hall–Kier alpha value is -1.15. The summed E-state index contributed by atoms with van der Waals surface area (Å²) in [5.41, 5.74) is 0. The third-order valence-corrected chi connectivity index (χ3v) is 7.08. The van der Waals surface area contributed by atoms with E-state index in [0.717, 1.165) is 4.90 Å². The first kappa shape index (κ1) is 21.2. The van der Waals surface area contributed by atoms with Crippen molar-refractivity contribution in [3.8, 4) is 0 Å². The van der Waals surface area contributed by atoms with E-state index in [4.69, 9.17) is 11.6 Å². The number of carbonyl (C=O) groups excluding carboxylic acids is 1. The van der Waals surface area contributed by atoms with Crippen LogP contribution in [-0.4, -0.2) is 68.3 Å². The maximum absolute atomic E-state index is 12.8. The lowest BCUT2D eigenvalue weighted by molar-refractivity contribution is -0.896. The smallest absolute Gasteiger partial charge is 0.278 e. The number of hydrogen-bond donors (Lipinski definition) is 1. The van der Waals surface area contributed by atoms with Gasteiger partial charge in [0, 0.05) is 12.1 Å². The summed E-state index contributed by atoms with van der Waals surface area (Å²) in [5, 5.41) is 0.238. The topological polar surface area (TPSA) is 62.1 Å². The molecule has 1 aromatic rings. The molecule has 0 aliphatic carbocycles. The van der Waals surface area contributed by atoms with Gasteiger partial charge in [-0.3, -0.25) is 4.79 Å². The largest absolute Gasteiger partial charge is 0.333 e. The summed E-state index contributed by atoms with van der Waals surface area (Å²) in [6, 6.07) is 6.81. The molecular formula is C18H29ClN3O3S+. The zero-order valence-corrected chi connectivity index (χ0v) is 17.5. The molecule has 1 fully saturated rings. The summed E-state index contributed by atoms with van der Waals surface area (Å²) in [6.07, 6.45) is 0. The lowest BCUT2D eigenvalue weighted by atomic mass is 10.2. The molecule has 1 aromatic carbocycles. The van der Waals surface area contributed by atoms with Crippen LogP contribution in [0.5, 0.6) is 0 Å². The van der Waals surface area contributed by atoms with E-state index in [0.29, 0.717) is 32.7 Å². The molecule has 0 aromatic heterocycles. The van der Waals surface area contributed by atoms with Crippen molar-refractivity contribution in [1.82, 2.24) is 9.21 Å². The number of amides is 1. The summed E-state index contributed by atoms with van der Waals surface area (Å²) in [6.45, 7) is 10.5. The molecule has 1 N–H and O–H groups in total. The monoisotopic (exact) mass is 402 g/mol. The number of quaternary nitrogens is 1. The van der Waals surface area contributed by atoms with Crippen molar-refractivity contribution in [2.24, 2.45) is 0 Å². The van der Waals surface area contributed by atoms with Crippen molar-refractivity contribution in [2.75, 3.05) is 32.7 Å². The van der Waals surface area contributed by atoms with E-state index < -0.39 is 10.0 Å². The minimum Gasteiger partial charge on any atom is -0.333 e. The predicted molar refractivity (Wildman–Crippen MR) is 103 cm³/mol. The van der Waals surface area contributed by atoms with Crippen LogP contribution in [0.1, 0.15) is 27.7 Å². The molecule has 8 heteroatoms. The fraction of sp³-hybridized carbons (Fsp3) is 0.611. The molecule has 1 aliphatic rings. The second-order valence-electron chi connectivity index (χ2n) is 7.25. The Bertz CT molecular complexity index is 721. The van der Waals surface area contributed by atoms with Crippen molar-refractivity contribution in [1.29, 1.82) is 0 Å². The lowest BCUT2D eigenvalue weighted by Gasteiger charge is -2.35. The average molecular weight is 403 g/mol. The first-order valence-electron chi connectivity index (χ1n) is 9.04. The minimum atomic E-state index is -3.60. The number of sulfonamides is 1. The van der Waals surface area contributed by atoms with Crippen molar-refractivity contribution in [3.05, 3.63) is 29.3 Å². The van der Waals surface area contributed by atoms with Gasteiger partial charge in [0.1, 0.15) is 4.90 Å². The number of nitrogens with zero attached hydrogens (tertiary/aromatic N) is 2.